The number of benzene rings is 1. The summed E-state index contributed by atoms with van der Waals surface area (Å²) in [6, 6.07) is 5.66. The van der Waals surface area contributed by atoms with Gasteiger partial charge in [0.05, 0.1) is 23.7 Å². The number of fused-ring (bicyclic) bond motifs is 1. The molecule has 4 rings (SSSR count). The van der Waals surface area contributed by atoms with Gasteiger partial charge in [0.1, 0.15) is 5.82 Å². The lowest BCUT2D eigenvalue weighted by molar-refractivity contribution is 0.0949. The highest BCUT2D eigenvalue weighted by atomic mass is 32.1. The molecule has 0 saturated carbocycles. The van der Waals surface area contributed by atoms with E-state index >= 15 is 0 Å². The number of ketones is 1. The molecular weight excluding hydrogens is 386 g/mol. The second-order valence-corrected chi connectivity index (χ2v) is 7.90. The Kier molecular flexibility index (Phi) is 5.55. The third kappa shape index (κ3) is 3.99. The van der Waals surface area contributed by atoms with Crippen molar-refractivity contribution in [3.05, 3.63) is 53.6 Å². The van der Waals surface area contributed by atoms with Crippen molar-refractivity contribution in [2.24, 2.45) is 0 Å². The lowest BCUT2D eigenvalue weighted by atomic mass is 10.0. The van der Waals surface area contributed by atoms with Crippen LogP contribution in [0.15, 0.2) is 42.2 Å². The zero-order valence-electron chi connectivity index (χ0n) is 16.4. The summed E-state index contributed by atoms with van der Waals surface area (Å²) in [4.78, 5) is 26.0. The summed E-state index contributed by atoms with van der Waals surface area (Å²) in [5.74, 6) is 1.76. The molecule has 1 atom stereocenters. The number of carbonyl (C=O) groups is 1. The van der Waals surface area contributed by atoms with Gasteiger partial charge < -0.3 is 14.2 Å². The van der Waals surface area contributed by atoms with Crippen molar-refractivity contribution in [3.8, 4) is 10.8 Å². The van der Waals surface area contributed by atoms with Crippen molar-refractivity contribution in [3.63, 3.8) is 0 Å². The highest BCUT2D eigenvalue weighted by molar-refractivity contribution is 7.13. The number of hydrogen-bond acceptors (Lipinski definition) is 6. The van der Waals surface area contributed by atoms with Crippen molar-refractivity contribution < 1.29 is 9.90 Å². The molecule has 0 saturated heterocycles. The van der Waals surface area contributed by atoms with Crippen molar-refractivity contribution >= 4 is 28.2 Å². The van der Waals surface area contributed by atoms with Gasteiger partial charge in [-0.1, -0.05) is 0 Å². The van der Waals surface area contributed by atoms with E-state index in [0.29, 0.717) is 24.9 Å². The van der Waals surface area contributed by atoms with E-state index in [0.717, 1.165) is 34.2 Å². The number of hydrogen-bond donors (Lipinski definition) is 1. The molecule has 3 heterocycles. The van der Waals surface area contributed by atoms with Crippen molar-refractivity contribution in [1.82, 2.24) is 24.1 Å². The summed E-state index contributed by atoms with van der Waals surface area (Å²) in [5.41, 5.74) is 2.45. The number of nitrogens with zero attached hydrogens (tertiary/aromatic N) is 5. The Morgan fingerprint density at radius 1 is 1.28 bits per heavy atom. The van der Waals surface area contributed by atoms with E-state index in [1.807, 2.05) is 34.3 Å². The topological polar surface area (TPSA) is 85.8 Å². The SMILES string of the molecule is CCn1c(Cn2ccnc2-c2nccs2)nc2cc(C(=O)CCC(C)O)ccc21. The van der Waals surface area contributed by atoms with Crippen LogP contribution in [0.3, 0.4) is 0 Å². The molecule has 1 N–H and O–H groups in total. The van der Waals surface area contributed by atoms with Gasteiger partial charge in [-0.3, -0.25) is 4.79 Å². The molecule has 0 aliphatic rings. The van der Waals surface area contributed by atoms with Crippen molar-refractivity contribution in [2.75, 3.05) is 0 Å². The number of thiazole rings is 1. The number of aromatic nitrogens is 5. The highest BCUT2D eigenvalue weighted by Crippen LogP contribution is 2.23. The van der Waals surface area contributed by atoms with Gasteiger partial charge in [-0.25, -0.2) is 15.0 Å². The molecule has 0 radical (unpaired) electrons. The van der Waals surface area contributed by atoms with E-state index in [-0.39, 0.29) is 5.78 Å². The fraction of sp³-hybridized carbons (Fsp3) is 0.333. The van der Waals surface area contributed by atoms with Gasteiger partial charge in [0.25, 0.3) is 0 Å². The number of aliphatic hydroxyl groups excluding tert-OH is 1. The molecule has 7 nitrogen and oxygen atoms in total. The number of Topliss-reactive ketones (excluding diaryl/α,β-unsaturated/α-hetero) is 1. The lowest BCUT2D eigenvalue weighted by Gasteiger charge is -2.09. The normalized spacial score (nSPS) is 12.5. The maximum atomic E-state index is 12.4. The lowest BCUT2D eigenvalue weighted by Crippen LogP contribution is -2.08. The molecule has 0 spiro atoms. The zero-order valence-corrected chi connectivity index (χ0v) is 17.3. The molecule has 1 aromatic carbocycles. The second-order valence-electron chi connectivity index (χ2n) is 7.00. The van der Waals surface area contributed by atoms with Crippen LogP contribution in [-0.2, 0) is 13.1 Å². The van der Waals surface area contributed by atoms with Gasteiger partial charge >= 0.3 is 0 Å². The Labute approximate surface area is 172 Å². The first kappa shape index (κ1) is 19.5. The first-order valence-corrected chi connectivity index (χ1v) is 10.6. The van der Waals surface area contributed by atoms with Crippen molar-refractivity contribution in [1.29, 1.82) is 0 Å². The summed E-state index contributed by atoms with van der Waals surface area (Å²) < 4.78 is 4.20. The molecule has 4 aromatic rings. The number of aryl methyl sites for hydroxylation is 1. The number of carbonyl (C=O) groups excluding carboxylic acids is 1. The quantitative estimate of drug-likeness (QED) is 0.448. The molecule has 0 fully saturated rings. The standard InChI is InChI=1S/C21H23N5O2S/c1-3-26-17-6-5-15(18(28)7-4-14(2)27)12-16(17)24-19(26)13-25-10-8-22-20(25)21-23-9-11-29-21/h5-6,8-12,14,27H,3-4,7,13H2,1-2H3. The number of rotatable bonds is 8. The maximum absolute atomic E-state index is 12.4. The van der Waals surface area contributed by atoms with Crippen molar-refractivity contribution in [2.45, 2.75) is 45.9 Å². The Balaban J connectivity index is 1.65. The first-order chi connectivity index (χ1) is 14.1. The molecule has 0 bridgehead atoms. The summed E-state index contributed by atoms with van der Waals surface area (Å²) in [7, 11) is 0. The molecular formula is C21H23N5O2S. The molecule has 150 valence electrons. The Morgan fingerprint density at radius 2 is 2.14 bits per heavy atom. The van der Waals surface area contributed by atoms with Gasteiger partial charge in [-0.2, -0.15) is 0 Å². The van der Waals surface area contributed by atoms with Crippen LogP contribution >= 0.6 is 11.3 Å². The predicted octanol–water partition coefficient (Wildman–Crippen LogP) is 3.77. The van der Waals surface area contributed by atoms with Crippen LogP contribution in [0.1, 0.15) is 42.9 Å². The molecule has 29 heavy (non-hydrogen) atoms. The molecule has 3 aromatic heterocycles. The monoisotopic (exact) mass is 409 g/mol. The summed E-state index contributed by atoms with van der Waals surface area (Å²) in [5, 5.41) is 12.2. The smallest absolute Gasteiger partial charge is 0.169 e. The summed E-state index contributed by atoms with van der Waals surface area (Å²) in [6.07, 6.45) is 5.80. The second kappa shape index (κ2) is 8.26. The molecule has 0 aliphatic carbocycles. The van der Waals surface area contributed by atoms with E-state index in [2.05, 4.69) is 21.5 Å². The van der Waals surface area contributed by atoms with E-state index in [9.17, 15) is 9.90 Å². The van der Waals surface area contributed by atoms with E-state index in [1.54, 1.807) is 30.7 Å². The average Bonchev–Trinajstić information content (AvgIpc) is 3.44. The van der Waals surface area contributed by atoms with E-state index in [4.69, 9.17) is 4.98 Å². The van der Waals surface area contributed by atoms with Gasteiger partial charge in [0.15, 0.2) is 16.6 Å². The van der Waals surface area contributed by atoms with Gasteiger partial charge in [0, 0.05) is 42.5 Å². The zero-order chi connectivity index (χ0) is 20.4. The largest absolute Gasteiger partial charge is 0.393 e. The summed E-state index contributed by atoms with van der Waals surface area (Å²) >= 11 is 1.56. The maximum Gasteiger partial charge on any atom is 0.169 e. The molecule has 1 unspecified atom stereocenters. The third-order valence-corrected chi connectivity index (χ3v) is 5.67. The van der Waals surface area contributed by atoms with Crippen LogP contribution < -0.4 is 0 Å². The Hall–Kier alpha value is -2.84. The predicted molar refractivity (Wildman–Crippen MR) is 113 cm³/mol. The van der Waals surface area contributed by atoms with Crippen LogP contribution in [-0.4, -0.2) is 41.1 Å². The van der Waals surface area contributed by atoms with E-state index in [1.165, 1.54) is 0 Å². The number of aliphatic hydroxyl groups is 1. The van der Waals surface area contributed by atoms with Gasteiger partial charge in [-0.15, -0.1) is 11.3 Å². The minimum Gasteiger partial charge on any atom is -0.393 e. The van der Waals surface area contributed by atoms with Crippen LogP contribution in [0.4, 0.5) is 0 Å². The molecule has 0 aliphatic heterocycles. The fourth-order valence-electron chi connectivity index (χ4n) is 3.43. The highest BCUT2D eigenvalue weighted by Gasteiger charge is 2.16. The first-order valence-electron chi connectivity index (χ1n) is 9.68. The fourth-order valence-corrected chi connectivity index (χ4v) is 4.08. The van der Waals surface area contributed by atoms with Gasteiger partial charge in [0.2, 0.25) is 0 Å². The minimum absolute atomic E-state index is 0.0288. The van der Waals surface area contributed by atoms with Crippen LogP contribution in [0, 0.1) is 0 Å². The molecule has 8 heteroatoms. The molecule has 0 amide bonds. The number of imidazole rings is 2. The van der Waals surface area contributed by atoms with Gasteiger partial charge in [-0.05, 0) is 38.5 Å². The summed E-state index contributed by atoms with van der Waals surface area (Å²) in [6.45, 7) is 5.13. The Bertz CT molecular complexity index is 1130. The van der Waals surface area contributed by atoms with Crippen LogP contribution in [0.2, 0.25) is 0 Å². The Morgan fingerprint density at radius 3 is 2.86 bits per heavy atom. The van der Waals surface area contributed by atoms with Crippen LogP contribution in [0.25, 0.3) is 21.9 Å². The van der Waals surface area contributed by atoms with Crippen LogP contribution in [0.5, 0.6) is 0 Å². The average molecular weight is 410 g/mol. The third-order valence-electron chi connectivity index (χ3n) is 4.91. The minimum atomic E-state index is -0.476. The van der Waals surface area contributed by atoms with E-state index < -0.39 is 6.10 Å².